The third-order valence-electron chi connectivity index (χ3n) is 2.49. The summed E-state index contributed by atoms with van der Waals surface area (Å²) in [6, 6.07) is 9.01. The van der Waals surface area contributed by atoms with E-state index in [-0.39, 0.29) is 12.3 Å². The predicted octanol–water partition coefficient (Wildman–Crippen LogP) is 2.01. The molecule has 0 aliphatic heterocycles. The molecule has 0 aliphatic rings. The lowest BCUT2D eigenvalue weighted by Crippen LogP contribution is -2.08. The van der Waals surface area contributed by atoms with E-state index in [0.29, 0.717) is 11.1 Å². The molecule has 0 aliphatic carbocycles. The molecule has 1 aromatic heterocycles. The lowest BCUT2D eigenvalue weighted by Gasteiger charge is -2.05. The van der Waals surface area contributed by atoms with Gasteiger partial charge in [0.1, 0.15) is 6.61 Å². The first-order chi connectivity index (χ1) is 9.20. The van der Waals surface area contributed by atoms with Gasteiger partial charge in [-0.1, -0.05) is 18.2 Å². The van der Waals surface area contributed by atoms with Crippen LogP contribution in [0, 0.1) is 18.3 Å². The highest BCUT2D eigenvalue weighted by Gasteiger charge is 2.10. The number of nitrogens with zero attached hydrogens (tertiary/aromatic N) is 3. The Balaban J connectivity index is 2.05. The van der Waals surface area contributed by atoms with Crippen LogP contribution in [-0.4, -0.2) is 15.9 Å². The SMILES string of the molecule is Cc1cnc(C(=O)OCc2ccccc2C#N)cn1. The van der Waals surface area contributed by atoms with E-state index < -0.39 is 5.97 Å². The molecule has 94 valence electrons. The number of benzene rings is 1. The topological polar surface area (TPSA) is 75.9 Å². The van der Waals surface area contributed by atoms with Crippen molar-refractivity contribution in [2.45, 2.75) is 13.5 Å². The number of hydrogen-bond acceptors (Lipinski definition) is 5. The first kappa shape index (κ1) is 12.7. The van der Waals surface area contributed by atoms with Gasteiger partial charge < -0.3 is 4.74 Å². The van der Waals surface area contributed by atoms with Crippen LogP contribution in [0.4, 0.5) is 0 Å². The van der Waals surface area contributed by atoms with Crippen molar-refractivity contribution in [2.24, 2.45) is 0 Å². The second-order valence-electron chi connectivity index (χ2n) is 3.89. The van der Waals surface area contributed by atoms with Gasteiger partial charge in [-0.25, -0.2) is 9.78 Å². The number of rotatable bonds is 3. The van der Waals surface area contributed by atoms with Crippen molar-refractivity contribution in [2.75, 3.05) is 0 Å². The van der Waals surface area contributed by atoms with E-state index in [1.165, 1.54) is 12.4 Å². The van der Waals surface area contributed by atoms with E-state index in [0.717, 1.165) is 5.69 Å². The number of hydrogen-bond donors (Lipinski definition) is 0. The number of carbonyl (C=O) groups is 1. The third kappa shape index (κ3) is 3.13. The Labute approximate surface area is 110 Å². The molecule has 0 atom stereocenters. The van der Waals surface area contributed by atoms with E-state index in [1.807, 2.05) is 6.07 Å². The van der Waals surface area contributed by atoms with Crippen molar-refractivity contribution in [3.8, 4) is 6.07 Å². The van der Waals surface area contributed by atoms with Crippen molar-refractivity contribution < 1.29 is 9.53 Å². The Morgan fingerprint density at radius 2 is 2.11 bits per heavy atom. The molecule has 1 aromatic carbocycles. The summed E-state index contributed by atoms with van der Waals surface area (Å²) in [7, 11) is 0. The number of carbonyl (C=O) groups excluding carboxylic acids is 1. The molecule has 0 N–H and O–H groups in total. The number of ether oxygens (including phenoxy) is 1. The van der Waals surface area contributed by atoms with Crippen LogP contribution in [-0.2, 0) is 11.3 Å². The predicted molar refractivity (Wildman–Crippen MR) is 67.0 cm³/mol. The van der Waals surface area contributed by atoms with Crippen LogP contribution in [0.5, 0.6) is 0 Å². The van der Waals surface area contributed by atoms with Crippen molar-refractivity contribution in [1.29, 1.82) is 5.26 Å². The number of aryl methyl sites for hydroxylation is 1. The van der Waals surface area contributed by atoms with Gasteiger partial charge in [0.15, 0.2) is 5.69 Å². The lowest BCUT2D eigenvalue weighted by molar-refractivity contribution is 0.0465. The van der Waals surface area contributed by atoms with E-state index >= 15 is 0 Å². The first-order valence-corrected chi connectivity index (χ1v) is 5.64. The highest BCUT2D eigenvalue weighted by molar-refractivity contribution is 5.86. The normalized spacial score (nSPS) is 9.68. The molecule has 0 bridgehead atoms. The molecule has 0 saturated carbocycles. The monoisotopic (exact) mass is 253 g/mol. The van der Waals surface area contributed by atoms with Crippen LogP contribution >= 0.6 is 0 Å². The molecule has 19 heavy (non-hydrogen) atoms. The van der Waals surface area contributed by atoms with E-state index in [1.54, 1.807) is 31.2 Å². The lowest BCUT2D eigenvalue weighted by atomic mass is 10.1. The summed E-state index contributed by atoms with van der Waals surface area (Å²) in [5.41, 5.74) is 2.04. The third-order valence-corrected chi connectivity index (χ3v) is 2.49. The van der Waals surface area contributed by atoms with Gasteiger partial charge in [-0.3, -0.25) is 4.98 Å². The fourth-order valence-electron chi connectivity index (χ4n) is 1.47. The molecule has 0 fully saturated rings. The van der Waals surface area contributed by atoms with Gasteiger partial charge in [-0.15, -0.1) is 0 Å². The summed E-state index contributed by atoms with van der Waals surface area (Å²) in [4.78, 5) is 19.6. The molecule has 5 heteroatoms. The average molecular weight is 253 g/mol. The van der Waals surface area contributed by atoms with Gasteiger partial charge in [-0.2, -0.15) is 5.26 Å². The largest absolute Gasteiger partial charge is 0.456 e. The Hall–Kier alpha value is -2.74. The Morgan fingerprint density at radius 3 is 2.79 bits per heavy atom. The van der Waals surface area contributed by atoms with Crippen LogP contribution in [0.1, 0.15) is 27.3 Å². The Kier molecular flexibility index (Phi) is 3.84. The zero-order chi connectivity index (χ0) is 13.7. The van der Waals surface area contributed by atoms with Crippen molar-refractivity contribution >= 4 is 5.97 Å². The van der Waals surface area contributed by atoms with Crippen molar-refractivity contribution in [1.82, 2.24) is 9.97 Å². The van der Waals surface area contributed by atoms with Gasteiger partial charge in [0.05, 0.1) is 23.5 Å². The van der Waals surface area contributed by atoms with Crippen LogP contribution in [0.15, 0.2) is 36.7 Å². The Morgan fingerprint density at radius 1 is 1.32 bits per heavy atom. The minimum atomic E-state index is -0.555. The summed E-state index contributed by atoms with van der Waals surface area (Å²) < 4.78 is 5.10. The summed E-state index contributed by atoms with van der Waals surface area (Å²) in [6.45, 7) is 1.82. The maximum atomic E-state index is 11.7. The Bertz CT molecular complexity index is 630. The molecule has 1 heterocycles. The zero-order valence-corrected chi connectivity index (χ0v) is 10.3. The smallest absolute Gasteiger partial charge is 0.358 e. The molecule has 0 radical (unpaired) electrons. The van der Waals surface area contributed by atoms with E-state index in [4.69, 9.17) is 10.00 Å². The maximum Gasteiger partial charge on any atom is 0.358 e. The molecule has 0 saturated heterocycles. The summed E-state index contributed by atoms with van der Waals surface area (Å²) in [6.07, 6.45) is 2.87. The van der Waals surface area contributed by atoms with Gasteiger partial charge in [0, 0.05) is 11.8 Å². The van der Waals surface area contributed by atoms with Crippen LogP contribution < -0.4 is 0 Å². The van der Waals surface area contributed by atoms with Gasteiger partial charge in [-0.05, 0) is 13.0 Å². The number of aromatic nitrogens is 2. The number of nitriles is 1. The fraction of sp³-hybridized carbons (Fsp3) is 0.143. The molecular formula is C14H11N3O2. The fourth-order valence-corrected chi connectivity index (χ4v) is 1.47. The van der Waals surface area contributed by atoms with Gasteiger partial charge >= 0.3 is 5.97 Å². The average Bonchev–Trinajstić information content (AvgIpc) is 2.45. The molecule has 0 spiro atoms. The van der Waals surface area contributed by atoms with Crippen molar-refractivity contribution in [3.63, 3.8) is 0 Å². The van der Waals surface area contributed by atoms with Crippen LogP contribution in [0.2, 0.25) is 0 Å². The second kappa shape index (κ2) is 5.74. The van der Waals surface area contributed by atoms with Crippen LogP contribution in [0.3, 0.4) is 0 Å². The second-order valence-corrected chi connectivity index (χ2v) is 3.89. The van der Waals surface area contributed by atoms with Crippen LogP contribution in [0.25, 0.3) is 0 Å². The molecule has 2 aromatic rings. The van der Waals surface area contributed by atoms with Gasteiger partial charge in [0.2, 0.25) is 0 Å². The highest BCUT2D eigenvalue weighted by atomic mass is 16.5. The number of esters is 1. The molecule has 0 unspecified atom stereocenters. The standard InChI is InChI=1S/C14H11N3O2/c1-10-7-17-13(8-16-10)14(18)19-9-12-5-3-2-4-11(12)6-15/h2-5,7-8H,9H2,1H3. The van der Waals surface area contributed by atoms with E-state index in [2.05, 4.69) is 9.97 Å². The van der Waals surface area contributed by atoms with Crippen molar-refractivity contribution in [3.05, 3.63) is 59.2 Å². The summed E-state index contributed by atoms with van der Waals surface area (Å²) >= 11 is 0. The molecule has 2 rings (SSSR count). The highest BCUT2D eigenvalue weighted by Crippen LogP contribution is 2.09. The summed E-state index contributed by atoms with van der Waals surface area (Å²) in [5, 5.41) is 8.92. The zero-order valence-electron chi connectivity index (χ0n) is 10.3. The molecular weight excluding hydrogens is 242 g/mol. The first-order valence-electron chi connectivity index (χ1n) is 5.64. The quantitative estimate of drug-likeness (QED) is 0.782. The molecule has 5 nitrogen and oxygen atoms in total. The van der Waals surface area contributed by atoms with E-state index in [9.17, 15) is 4.79 Å². The minimum absolute atomic E-state index is 0.0398. The molecule has 0 amide bonds. The maximum absolute atomic E-state index is 11.7. The summed E-state index contributed by atoms with van der Waals surface area (Å²) in [5.74, 6) is -0.555. The minimum Gasteiger partial charge on any atom is -0.456 e. The van der Waals surface area contributed by atoms with Gasteiger partial charge in [0.25, 0.3) is 0 Å².